The van der Waals surface area contributed by atoms with E-state index in [4.69, 9.17) is 4.74 Å². The number of hydrogen-bond acceptors (Lipinski definition) is 5. The summed E-state index contributed by atoms with van der Waals surface area (Å²) in [5.74, 6) is 0.818. The highest BCUT2D eigenvalue weighted by atomic mass is 32.1. The van der Waals surface area contributed by atoms with E-state index < -0.39 is 0 Å². The molecule has 1 aromatic heterocycles. The Bertz CT molecular complexity index is 501. The number of aromatic nitrogens is 2. The number of rotatable bonds is 6. The zero-order valence-corrected chi connectivity index (χ0v) is 14.4. The van der Waals surface area contributed by atoms with Gasteiger partial charge >= 0.3 is 0 Å². The third kappa shape index (κ3) is 2.38. The van der Waals surface area contributed by atoms with E-state index in [1.807, 2.05) is 0 Å². The topological polar surface area (TPSA) is 47.0 Å². The summed E-state index contributed by atoms with van der Waals surface area (Å²) >= 11 is 1.43. The van der Waals surface area contributed by atoms with Crippen LogP contribution in [-0.2, 0) is 11.3 Å². The monoisotopic (exact) mass is 309 g/mol. The zero-order chi connectivity index (χ0) is 15.1. The van der Waals surface area contributed by atoms with E-state index in [1.54, 1.807) is 0 Å². The maximum atomic E-state index is 6.30. The molecule has 3 unspecified atom stereocenters. The van der Waals surface area contributed by atoms with Crippen LogP contribution in [0.5, 0.6) is 0 Å². The summed E-state index contributed by atoms with van der Waals surface area (Å²) in [7, 11) is 0. The molecule has 118 valence electrons. The van der Waals surface area contributed by atoms with E-state index >= 15 is 0 Å². The highest BCUT2D eigenvalue weighted by molar-refractivity contribution is 7.10. The molecule has 2 saturated carbocycles. The lowest BCUT2D eigenvalue weighted by Crippen LogP contribution is -2.37. The summed E-state index contributed by atoms with van der Waals surface area (Å²) in [5.41, 5.74) is 1.69. The van der Waals surface area contributed by atoms with Gasteiger partial charge in [-0.25, -0.2) is 0 Å². The van der Waals surface area contributed by atoms with Gasteiger partial charge in [-0.2, -0.15) is 0 Å². The molecule has 2 aliphatic carbocycles. The first-order chi connectivity index (χ1) is 9.99. The summed E-state index contributed by atoms with van der Waals surface area (Å²) in [6.07, 6.45) is 5.34. The molecule has 5 heteroatoms. The first kappa shape index (κ1) is 15.2. The van der Waals surface area contributed by atoms with Gasteiger partial charge in [0.2, 0.25) is 0 Å². The van der Waals surface area contributed by atoms with Crippen molar-refractivity contribution in [2.75, 3.05) is 11.9 Å². The Kier molecular flexibility index (Phi) is 3.99. The molecule has 0 aromatic carbocycles. The lowest BCUT2D eigenvalue weighted by molar-refractivity contribution is -0.0558. The molecule has 4 nitrogen and oxygen atoms in total. The van der Waals surface area contributed by atoms with Crippen LogP contribution in [0.25, 0.3) is 0 Å². The molecular formula is C16H27N3OS. The smallest absolute Gasteiger partial charge is 0.135 e. The average Bonchev–Trinajstić information content (AvgIpc) is 3.04. The third-order valence-corrected chi connectivity index (χ3v) is 6.95. The Hall–Kier alpha value is -0.680. The predicted molar refractivity (Wildman–Crippen MR) is 86.5 cm³/mol. The van der Waals surface area contributed by atoms with Crippen LogP contribution in [0.4, 0.5) is 5.00 Å². The number of hydrogen-bond donors (Lipinski definition) is 1. The summed E-state index contributed by atoms with van der Waals surface area (Å²) in [5, 5.41) is 8.70. The number of fused-ring (bicyclic) bond motifs is 2. The number of ether oxygens (including phenoxy) is 1. The van der Waals surface area contributed by atoms with Crippen molar-refractivity contribution in [1.29, 1.82) is 0 Å². The largest absolute Gasteiger partial charge is 0.374 e. The van der Waals surface area contributed by atoms with Gasteiger partial charge in [0.05, 0.1) is 12.7 Å². The Balaban J connectivity index is 1.63. The second-order valence-corrected chi connectivity index (χ2v) is 8.14. The molecule has 21 heavy (non-hydrogen) atoms. The minimum absolute atomic E-state index is 0.318. The van der Waals surface area contributed by atoms with Crippen molar-refractivity contribution in [3.05, 3.63) is 5.69 Å². The van der Waals surface area contributed by atoms with Crippen LogP contribution in [-0.4, -0.2) is 22.2 Å². The summed E-state index contributed by atoms with van der Waals surface area (Å²) in [4.78, 5) is 0. The molecule has 0 saturated heterocycles. The van der Waals surface area contributed by atoms with Crippen molar-refractivity contribution < 1.29 is 4.74 Å². The van der Waals surface area contributed by atoms with E-state index in [1.165, 1.54) is 30.8 Å². The van der Waals surface area contributed by atoms with Gasteiger partial charge in [0, 0.05) is 18.1 Å². The second-order valence-electron chi connectivity index (χ2n) is 7.39. The Morgan fingerprint density at radius 1 is 1.38 bits per heavy atom. The molecule has 0 amide bonds. The van der Waals surface area contributed by atoms with Crippen LogP contribution in [0.15, 0.2) is 0 Å². The van der Waals surface area contributed by atoms with E-state index in [2.05, 4.69) is 42.6 Å². The molecule has 3 atom stereocenters. The van der Waals surface area contributed by atoms with E-state index in [0.29, 0.717) is 23.5 Å². The lowest BCUT2D eigenvalue weighted by Gasteiger charge is -2.38. The SMILES string of the molecule is CCCNc1snnc1COC1CC2CCC1(C)C2(C)C. The van der Waals surface area contributed by atoms with Gasteiger partial charge in [-0.3, -0.25) is 0 Å². The van der Waals surface area contributed by atoms with Crippen molar-refractivity contribution in [2.24, 2.45) is 16.7 Å². The minimum atomic E-state index is 0.318. The Morgan fingerprint density at radius 3 is 2.81 bits per heavy atom. The quantitative estimate of drug-likeness (QED) is 0.859. The van der Waals surface area contributed by atoms with Crippen molar-refractivity contribution in [3.63, 3.8) is 0 Å². The number of nitrogens with one attached hydrogen (secondary N) is 1. The molecule has 1 aromatic rings. The van der Waals surface area contributed by atoms with Crippen LogP contribution in [0, 0.1) is 16.7 Å². The summed E-state index contributed by atoms with van der Waals surface area (Å²) < 4.78 is 10.4. The van der Waals surface area contributed by atoms with Crippen LogP contribution < -0.4 is 5.32 Å². The Morgan fingerprint density at radius 2 is 2.19 bits per heavy atom. The van der Waals surface area contributed by atoms with Gasteiger partial charge in [0.1, 0.15) is 10.7 Å². The second kappa shape index (κ2) is 5.51. The molecule has 0 radical (unpaired) electrons. The van der Waals surface area contributed by atoms with Crippen molar-refractivity contribution >= 4 is 16.5 Å². The van der Waals surface area contributed by atoms with Crippen molar-refractivity contribution in [2.45, 2.75) is 66.1 Å². The fourth-order valence-electron chi connectivity index (χ4n) is 4.24. The molecule has 0 aliphatic heterocycles. The van der Waals surface area contributed by atoms with Crippen LogP contribution in [0.3, 0.4) is 0 Å². The molecule has 0 spiro atoms. The molecule has 2 aliphatic rings. The first-order valence-electron chi connectivity index (χ1n) is 8.15. The molecular weight excluding hydrogens is 282 g/mol. The standard InChI is InChI=1S/C16H27N3OS/c1-5-8-17-14-12(18-19-21-14)10-20-13-9-11-6-7-16(13,4)15(11,2)3/h11,13,17H,5-10H2,1-4H3. The van der Waals surface area contributed by atoms with Crippen molar-refractivity contribution in [1.82, 2.24) is 9.59 Å². The minimum Gasteiger partial charge on any atom is -0.374 e. The summed E-state index contributed by atoms with van der Waals surface area (Å²) in [6, 6.07) is 0. The average molecular weight is 309 g/mol. The molecule has 2 fully saturated rings. The fraction of sp³-hybridized carbons (Fsp3) is 0.875. The van der Waals surface area contributed by atoms with Gasteiger partial charge in [0.15, 0.2) is 0 Å². The highest BCUT2D eigenvalue weighted by Gasteiger charge is 2.61. The van der Waals surface area contributed by atoms with Crippen molar-refractivity contribution in [3.8, 4) is 0 Å². The van der Waals surface area contributed by atoms with Crippen LogP contribution >= 0.6 is 11.5 Å². The first-order valence-corrected chi connectivity index (χ1v) is 8.93. The number of anilines is 1. The van der Waals surface area contributed by atoms with Gasteiger partial charge in [0.25, 0.3) is 0 Å². The third-order valence-electron chi connectivity index (χ3n) is 6.23. The van der Waals surface area contributed by atoms with Gasteiger partial charge < -0.3 is 10.1 Å². The normalized spacial score (nSPS) is 33.5. The zero-order valence-electron chi connectivity index (χ0n) is 13.6. The van der Waals surface area contributed by atoms with E-state index in [-0.39, 0.29) is 0 Å². The molecule has 2 bridgehead atoms. The van der Waals surface area contributed by atoms with Crippen LogP contribution in [0.2, 0.25) is 0 Å². The molecule has 1 N–H and O–H groups in total. The Labute approximate surface area is 131 Å². The fourth-order valence-corrected chi connectivity index (χ4v) is 4.83. The molecule has 3 rings (SSSR count). The molecule has 1 heterocycles. The highest BCUT2D eigenvalue weighted by Crippen LogP contribution is 2.66. The number of nitrogens with zero attached hydrogens (tertiary/aromatic N) is 2. The van der Waals surface area contributed by atoms with E-state index in [0.717, 1.165) is 29.6 Å². The van der Waals surface area contributed by atoms with Crippen LogP contribution in [0.1, 0.15) is 59.1 Å². The van der Waals surface area contributed by atoms with Gasteiger partial charge in [-0.1, -0.05) is 32.2 Å². The lowest BCUT2D eigenvalue weighted by atomic mass is 9.70. The van der Waals surface area contributed by atoms with E-state index in [9.17, 15) is 0 Å². The maximum Gasteiger partial charge on any atom is 0.135 e. The van der Waals surface area contributed by atoms with Gasteiger partial charge in [-0.15, -0.1) is 5.10 Å². The van der Waals surface area contributed by atoms with Gasteiger partial charge in [-0.05, 0) is 42.4 Å². The summed E-state index contributed by atoms with van der Waals surface area (Å²) in [6.45, 7) is 11.0. The predicted octanol–water partition coefficient (Wildman–Crippen LogP) is 4.09. The maximum absolute atomic E-state index is 6.30.